The third-order valence-corrected chi connectivity index (χ3v) is 4.47. The van der Waals surface area contributed by atoms with Crippen molar-refractivity contribution in [3.8, 4) is 12.3 Å². The average molecular weight is 302 g/mol. The summed E-state index contributed by atoms with van der Waals surface area (Å²) in [5.41, 5.74) is 8.45. The molecule has 0 saturated heterocycles. The van der Waals surface area contributed by atoms with Crippen molar-refractivity contribution < 1.29 is 4.79 Å². The molecule has 5 nitrogen and oxygen atoms in total. The molecule has 0 unspecified atom stereocenters. The Kier molecular flexibility index (Phi) is 4.43. The van der Waals surface area contributed by atoms with Crippen LogP contribution in [0.1, 0.15) is 34.3 Å². The minimum Gasteiger partial charge on any atom is -0.397 e. The zero-order valence-corrected chi connectivity index (χ0v) is 13.3. The van der Waals surface area contributed by atoms with E-state index in [2.05, 4.69) is 16.1 Å². The standard InChI is InChI=1S/C15H18N4OS/c1-5-7-19(8-6-2)15(20)13-12(16)11-9(3)10(4)17-18-14(11)21-13/h1H,6-8,16H2,2-4H3. The van der Waals surface area contributed by atoms with Gasteiger partial charge in [0.15, 0.2) is 0 Å². The molecule has 0 atom stereocenters. The maximum atomic E-state index is 12.6. The molecule has 6 heteroatoms. The summed E-state index contributed by atoms with van der Waals surface area (Å²) in [6.45, 7) is 6.71. The third kappa shape index (κ3) is 2.69. The van der Waals surface area contributed by atoms with Gasteiger partial charge in [0, 0.05) is 11.9 Å². The molecule has 0 spiro atoms. The van der Waals surface area contributed by atoms with Crippen LogP contribution in [0.4, 0.5) is 5.69 Å². The van der Waals surface area contributed by atoms with Crippen LogP contribution in [0.15, 0.2) is 0 Å². The average Bonchev–Trinajstić information content (AvgIpc) is 2.80. The van der Waals surface area contributed by atoms with Gasteiger partial charge in [-0.15, -0.1) is 22.9 Å². The van der Waals surface area contributed by atoms with Crippen LogP contribution < -0.4 is 5.73 Å². The summed E-state index contributed by atoms with van der Waals surface area (Å²) in [4.78, 5) is 15.4. The predicted molar refractivity (Wildman–Crippen MR) is 86.3 cm³/mol. The van der Waals surface area contributed by atoms with Gasteiger partial charge in [0.25, 0.3) is 5.91 Å². The second-order valence-corrected chi connectivity index (χ2v) is 5.87. The molecule has 2 N–H and O–H groups in total. The first kappa shape index (κ1) is 15.3. The molecule has 2 rings (SSSR count). The van der Waals surface area contributed by atoms with Crippen molar-refractivity contribution in [2.24, 2.45) is 0 Å². The summed E-state index contributed by atoms with van der Waals surface area (Å²) < 4.78 is 0. The zero-order chi connectivity index (χ0) is 15.6. The van der Waals surface area contributed by atoms with Gasteiger partial charge in [-0.25, -0.2) is 0 Å². The number of terminal acetylenes is 1. The fraction of sp³-hybridized carbons (Fsp3) is 0.400. The number of nitrogens with zero attached hydrogens (tertiary/aromatic N) is 3. The Balaban J connectivity index is 2.52. The van der Waals surface area contributed by atoms with Crippen molar-refractivity contribution in [2.45, 2.75) is 27.2 Å². The van der Waals surface area contributed by atoms with Gasteiger partial charge in [0.05, 0.1) is 17.9 Å². The number of hydrogen-bond donors (Lipinski definition) is 1. The fourth-order valence-electron chi connectivity index (χ4n) is 2.18. The lowest BCUT2D eigenvalue weighted by atomic mass is 10.1. The number of aromatic nitrogens is 2. The number of carbonyl (C=O) groups excluding carboxylic acids is 1. The lowest BCUT2D eigenvalue weighted by molar-refractivity contribution is 0.0782. The molecule has 0 radical (unpaired) electrons. The van der Waals surface area contributed by atoms with Crippen LogP contribution in [-0.4, -0.2) is 34.1 Å². The molecule has 0 aliphatic heterocycles. The monoisotopic (exact) mass is 302 g/mol. The van der Waals surface area contributed by atoms with Gasteiger partial charge in [0.2, 0.25) is 0 Å². The molecular weight excluding hydrogens is 284 g/mol. The molecule has 2 heterocycles. The number of hydrogen-bond acceptors (Lipinski definition) is 5. The van der Waals surface area contributed by atoms with E-state index in [1.807, 2.05) is 20.8 Å². The van der Waals surface area contributed by atoms with Crippen molar-refractivity contribution >= 4 is 33.1 Å². The fourth-order valence-corrected chi connectivity index (χ4v) is 3.24. The highest BCUT2D eigenvalue weighted by Gasteiger charge is 2.23. The van der Waals surface area contributed by atoms with Gasteiger partial charge < -0.3 is 10.6 Å². The Hall–Kier alpha value is -2.13. The number of rotatable bonds is 4. The Labute approximate surface area is 128 Å². The largest absolute Gasteiger partial charge is 0.397 e. The topological polar surface area (TPSA) is 72.1 Å². The summed E-state index contributed by atoms with van der Waals surface area (Å²) in [5.74, 6) is 2.39. The van der Waals surface area contributed by atoms with Crippen LogP contribution in [-0.2, 0) is 0 Å². The Bertz CT molecular complexity index is 729. The van der Waals surface area contributed by atoms with Crippen molar-refractivity contribution in [3.63, 3.8) is 0 Å². The normalized spacial score (nSPS) is 10.6. The second kappa shape index (κ2) is 6.10. The van der Waals surface area contributed by atoms with E-state index >= 15 is 0 Å². The summed E-state index contributed by atoms with van der Waals surface area (Å²) in [6, 6.07) is 0. The Morgan fingerprint density at radius 3 is 2.76 bits per heavy atom. The van der Waals surface area contributed by atoms with Gasteiger partial charge in [-0.05, 0) is 25.8 Å². The maximum Gasteiger partial charge on any atom is 0.266 e. The first-order valence-corrected chi connectivity index (χ1v) is 7.57. The number of aryl methyl sites for hydroxylation is 2. The smallest absolute Gasteiger partial charge is 0.266 e. The van der Waals surface area contributed by atoms with Gasteiger partial charge in [-0.1, -0.05) is 12.8 Å². The molecule has 0 bridgehead atoms. The SMILES string of the molecule is C#CCN(CCC)C(=O)c1sc2nnc(C)c(C)c2c1N. The summed E-state index contributed by atoms with van der Waals surface area (Å²) in [6.07, 6.45) is 6.18. The minimum absolute atomic E-state index is 0.132. The lowest BCUT2D eigenvalue weighted by Crippen LogP contribution is -2.32. The van der Waals surface area contributed by atoms with Crippen LogP contribution in [0, 0.1) is 26.2 Å². The van der Waals surface area contributed by atoms with Crippen molar-refractivity contribution in [1.82, 2.24) is 15.1 Å². The van der Waals surface area contributed by atoms with Crippen LogP contribution in [0.2, 0.25) is 0 Å². The number of amides is 1. The summed E-state index contributed by atoms with van der Waals surface area (Å²) >= 11 is 1.28. The predicted octanol–water partition coefficient (Wildman–Crippen LogP) is 2.38. The molecule has 0 aromatic carbocycles. The first-order chi connectivity index (χ1) is 10.0. The highest BCUT2D eigenvalue weighted by Crippen LogP contribution is 2.35. The molecule has 0 saturated carbocycles. The zero-order valence-electron chi connectivity index (χ0n) is 12.4. The molecule has 2 aromatic heterocycles. The van der Waals surface area contributed by atoms with E-state index in [1.54, 1.807) is 4.90 Å². The van der Waals surface area contributed by atoms with Crippen molar-refractivity contribution in [2.75, 3.05) is 18.8 Å². The van der Waals surface area contributed by atoms with E-state index in [9.17, 15) is 4.79 Å². The van der Waals surface area contributed by atoms with E-state index in [1.165, 1.54) is 11.3 Å². The van der Waals surface area contributed by atoms with E-state index < -0.39 is 0 Å². The van der Waals surface area contributed by atoms with E-state index in [0.717, 1.165) is 23.1 Å². The number of carbonyl (C=O) groups is 1. The number of thiophene rings is 1. The lowest BCUT2D eigenvalue weighted by Gasteiger charge is -2.18. The third-order valence-electron chi connectivity index (χ3n) is 3.39. The Morgan fingerprint density at radius 1 is 1.43 bits per heavy atom. The van der Waals surface area contributed by atoms with Gasteiger partial charge in [0.1, 0.15) is 9.71 Å². The molecule has 0 aliphatic rings. The molecule has 110 valence electrons. The van der Waals surface area contributed by atoms with Gasteiger partial charge in [-0.3, -0.25) is 4.79 Å². The van der Waals surface area contributed by atoms with Gasteiger partial charge in [-0.2, -0.15) is 5.10 Å². The molecule has 0 aliphatic carbocycles. The molecule has 2 aromatic rings. The van der Waals surface area contributed by atoms with E-state index in [0.29, 0.717) is 21.9 Å². The summed E-state index contributed by atoms with van der Waals surface area (Å²) in [7, 11) is 0. The van der Waals surface area contributed by atoms with Crippen LogP contribution in [0.25, 0.3) is 10.2 Å². The number of fused-ring (bicyclic) bond motifs is 1. The van der Waals surface area contributed by atoms with E-state index in [4.69, 9.17) is 12.2 Å². The molecular formula is C15H18N4OS. The molecule has 0 fully saturated rings. The first-order valence-electron chi connectivity index (χ1n) is 6.75. The van der Waals surface area contributed by atoms with Crippen molar-refractivity contribution in [3.05, 3.63) is 16.1 Å². The number of nitrogen functional groups attached to an aromatic ring is 1. The van der Waals surface area contributed by atoms with Crippen LogP contribution in [0.5, 0.6) is 0 Å². The van der Waals surface area contributed by atoms with Gasteiger partial charge >= 0.3 is 0 Å². The molecule has 21 heavy (non-hydrogen) atoms. The molecule has 1 amide bonds. The highest BCUT2D eigenvalue weighted by molar-refractivity contribution is 7.21. The van der Waals surface area contributed by atoms with Crippen LogP contribution >= 0.6 is 11.3 Å². The quantitative estimate of drug-likeness (QED) is 0.880. The number of nitrogens with two attached hydrogens (primary N) is 1. The van der Waals surface area contributed by atoms with Crippen molar-refractivity contribution in [1.29, 1.82) is 0 Å². The highest BCUT2D eigenvalue weighted by atomic mass is 32.1. The maximum absolute atomic E-state index is 12.6. The second-order valence-electron chi connectivity index (χ2n) is 4.87. The van der Waals surface area contributed by atoms with Crippen LogP contribution in [0.3, 0.4) is 0 Å². The van der Waals surface area contributed by atoms with E-state index in [-0.39, 0.29) is 12.5 Å². The minimum atomic E-state index is -0.132. The Morgan fingerprint density at radius 2 is 2.14 bits per heavy atom. The summed E-state index contributed by atoms with van der Waals surface area (Å²) in [5, 5.41) is 9.05. The number of anilines is 1.